The molecule has 1 aliphatic heterocycles. The number of rotatable bonds is 2. The maximum Gasteiger partial charge on any atom is 0.141 e. The van der Waals surface area contributed by atoms with Gasteiger partial charge in [-0.2, -0.15) is 0 Å². The van der Waals surface area contributed by atoms with Crippen molar-refractivity contribution in [3.05, 3.63) is 41.2 Å². The molecule has 0 spiro atoms. The molecule has 4 nitrogen and oxygen atoms in total. The maximum absolute atomic E-state index is 13.0. The SMILES string of the molecule is CC(C)c1nc2c(c(-c3ccc(F)cn3)n1)CNCC2. The minimum Gasteiger partial charge on any atom is -0.312 e. The number of pyridine rings is 1. The van der Waals surface area contributed by atoms with Gasteiger partial charge in [-0.3, -0.25) is 4.98 Å². The highest BCUT2D eigenvalue weighted by Gasteiger charge is 2.20. The molecule has 1 N–H and O–H groups in total. The van der Waals surface area contributed by atoms with Gasteiger partial charge in [-0.05, 0) is 12.1 Å². The number of hydrogen-bond donors (Lipinski definition) is 1. The van der Waals surface area contributed by atoms with Crippen molar-refractivity contribution in [1.29, 1.82) is 0 Å². The number of hydrogen-bond acceptors (Lipinski definition) is 4. The van der Waals surface area contributed by atoms with Gasteiger partial charge in [-0.15, -0.1) is 0 Å². The van der Waals surface area contributed by atoms with E-state index in [0.717, 1.165) is 42.3 Å². The van der Waals surface area contributed by atoms with Crippen LogP contribution in [0.1, 0.15) is 36.8 Å². The molecule has 0 fully saturated rings. The van der Waals surface area contributed by atoms with Gasteiger partial charge in [0.1, 0.15) is 11.6 Å². The Morgan fingerprint density at radius 2 is 2.10 bits per heavy atom. The zero-order chi connectivity index (χ0) is 14.1. The highest BCUT2D eigenvalue weighted by Crippen LogP contribution is 2.26. The number of aromatic nitrogens is 3. The molecule has 0 bridgehead atoms. The quantitative estimate of drug-likeness (QED) is 0.912. The minimum atomic E-state index is -0.334. The van der Waals surface area contributed by atoms with Crippen molar-refractivity contribution in [3.63, 3.8) is 0 Å². The van der Waals surface area contributed by atoms with Crippen LogP contribution in [0, 0.1) is 5.82 Å². The fourth-order valence-electron chi connectivity index (χ4n) is 2.35. The Balaban J connectivity index is 2.17. The first-order valence-electron chi connectivity index (χ1n) is 6.87. The lowest BCUT2D eigenvalue weighted by Crippen LogP contribution is -2.26. The maximum atomic E-state index is 13.0. The normalized spacial score (nSPS) is 14.4. The van der Waals surface area contributed by atoms with Gasteiger partial charge >= 0.3 is 0 Å². The van der Waals surface area contributed by atoms with E-state index in [-0.39, 0.29) is 11.7 Å². The molecular weight excluding hydrogens is 255 g/mol. The van der Waals surface area contributed by atoms with Gasteiger partial charge in [-0.25, -0.2) is 14.4 Å². The average molecular weight is 272 g/mol. The summed E-state index contributed by atoms with van der Waals surface area (Å²) in [5.41, 5.74) is 3.70. The van der Waals surface area contributed by atoms with Crippen LogP contribution >= 0.6 is 0 Å². The van der Waals surface area contributed by atoms with Gasteiger partial charge in [0.25, 0.3) is 0 Å². The van der Waals surface area contributed by atoms with Crippen LogP contribution in [0.15, 0.2) is 18.3 Å². The molecular formula is C15H17FN4. The van der Waals surface area contributed by atoms with Crippen LogP contribution in [0.5, 0.6) is 0 Å². The van der Waals surface area contributed by atoms with Crippen molar-refractivity contribution in [3.8, 4) is 11.4 Å². The zero-order valence-electron chi connectivity index (χ0n) is 11.7. The molecule has 0 aliphatic carbocycles. The lowest BCUT2D eigenvalue weighted by molar-refractivity contribution is 0.613. The van der Waals surface area contributed by atoms with E-state index in [1.807, 2.05) is 0 Å². The third-order valence-electron chi connectivity index (χ3n) is 3.44. The second kappa shape index (κ2) is 5.25. The van der Waals surface area contributed by atoms with E-state index in [1.165, 1.54) is 12.3 Å². The number of nitrogens with one attached hydrogen (secondary N) is 1. The second-order valence-electron chi connectivity index (χ2n) is 5.30. The third kappa shape index (κ3) is 2.41. The Morgan fingerprint density at radius 1 is 1.25 bits per heavy atom. The summed E-state index contributed by atoms with van der Waals surface area (Å²) in [7, 11) is 0. The molecule has 0 saturated heterocycles. The monoisotopic (exact) mass is 272 g/mol. The van der Waals surface area contributed by atoms with Crippen molar-refractivity contribution in [1.82, 2.24) is 20.3 Å². The molecule has 0 aromatic carbocycles. The van der Waals surface area contributed by atoms with E-state index < -0.39 is 0 Å². The lowest BCUT2D eigenvalue weighted by Gasteiger charge is -2.20. The summed E-state index contributed by atoms with van der Waals surface area (Å²) >= 11 is 0. The number of halogens is 1. The summed E-state index contributed by atoms with van der Waals surface area (Å²) in [5, 5.41) is 3.33. The summed E-state index contributed by atoms with van der Waals surface area (Å²) in [5.74, 6) is 0.750. The molecule has 1 aliphatic rings. The molecule has 0 amide bonds. The van der Waals surface area contributed by atoms with Crippen molar-refractivity contribution < 1.29 is 4.39 Å². The van der Waals surface area contributed by atoms with Gasteiger partial charge in [0, 0.05) is 31.0 Å². The third-order valence-corrected chi connectivity index (χ3v) is 3.44. The van der Waals surface area contributed by atoms with Crippen molar-refractivity contribution in [2.24, 2.45) is 0 Å². The predicted octanol–water partition coefficient (Wildman–Crippen LogP) is 2.45. The molecule has 0 saturated carbocycles. The van der Waals surface area contributed by atoms with Crippen LogP contribution in [0.25, 0.3) is 11.4 Å². The van der Waals surface area contributed by atoms with Crippen molar-refractivity contribution in [2.45, 2.75) is 32.7 Å². The van der Waals surface area contributed by atoms with Crippen LogP contribution in [0.4, 0.5) is 4.39 Å². The fraction of sp³-hybridized carbons (Fsp3) is 0.400. The Morgan fingerprint density at radius 3 is 2.80 bits per heavy atom. The number of fused-ring (bicyclic) bond motifs is 1. The molecule has 5 heteroatoms. The van der Waals surface area contributed by atoms with Gasteiger partial charge < -0.3 is 5.32 Å². The Hall–Kier alpha value is -1.88. The van der Waals surface area contributed by atoms with E-state index in [9.17, 15) is 4.39 Å². The molecule has 0 unspecified atom stereocenters. The van der Waals surface area contributed by atoms with Crippen molar-refractivity contribution in [2.75, 3.05) is 6.54 Å². The average Bonchev–Trinajstić information content (AvgIpc) is 2.47. The van der Waals surface area contributed by atoms with Crippen LogP contribution in [-0.4, -0.2) is 21.5 Å². The number of nitrogens with zero attached hydrogens (tertiary/aromatic N) is 3. The highest BCUT2D eigenvalue weighted by molar-refractivity contribution is 5.60. The Bertz CT molecular complexity index is 623. The summed E-state index contributed by atoms with van der Waals surface area (Å²) < 4.78 is 13.0. The first-order chi connectivity index (χ1) is 9.65. The first-order valence-corrected chi connectivity index (χ1v) is 6.87. The summed E-state index contributed by atoms with van der Waals surface area (Å²) in [6, 6.07) is 3.10. The van der Waals surface area contributed by atoms with E-state index in [4.69, 9.17) is 0 Å². The predicted molar refractivity (Wildman–Crippen MR) is 74.7 cm³/mol. The van der Waals surface area contributed by atoms with Crippen molar-refractivity contribution >= 4 is 0 Å². The summed E-state index contributed by atoms with van der Waals surface area (Å²) in [4.78, 5) is 13.5. The molecule has 0 radical (unpaired) electrons. The highest BCUT2D eigenvalue weighted by atomic mass is 19.1. The smallest absolute Gasteiger partial charge is 0.141 e. The molecule has 2 aromatic rings. The van der Waals surface area contributed by atoms with Gasteiger partial charge in [-0.1, -0.05) is 13.8 Å². The summed E-state index contributed by atoms with van der Waals surface area (Å²) in [6.07, 6.45) is 2.13. The molecule has 3 heterocycles. The molecule has 2 aromatic heterocycles. The van der Waals surface area contributed by atoms with Crippen LogP contribution in [0.2, 0.25) is 0 Å². The van der Waals surface area contributed by atoms with Crippen LogP contribution < -0.4 is 5.32 Å². The fourth-order valence-corrected chi connectivity index (χ4v) is 2.35. The standard InChI is InChI=1S/C15H17FN4/c1-9(2)15-19-12-5-6-17-8-11(12)14(20-15)13-4-3-10(16)7-18-13/h3-4,7,9,17H,5-6,8H2,1-2H3. The first kappa shape index (κ1) is 13.1. The van der Waals surface area contributed by atoms with Crippen LogP contribution in [-0.2, 0) is 13.0 Å². The Labute approximate surface area is 117 Å². The Kier molecular flexibility index (Phi) is 3.44. The largest absolute Gasteiger partial charge is 0.312 e. The molecule has 104 valence electrons. The lowest BCUT2D eigenvalue weighted by atomic mass is 10.0. The summed E-state index contributed by atoms with van der Waals surface area (Å²) in [6.45, 7) is 5.81. The van der Waals surface area contributed by atoms with Crippen LogP contribution in [0.3, 0.4) is 0 Å². The zero-order valence-corrected chi connectivity index (χ0v) is 11.7. The van der Waals surface area contributed by atoms with E-state index in [1.54, 1.807) is 6.07 Å². The van der Waals surface area contributed by atoms with Gasteiger partial charge in [0.2, 0.25) is 0 Å². The molecule has 0 atom stereocenters. The van der Waals surface area contributed by atoms with E-state index in [0.29, 0.717) is 5.69 Å². The minimum absolute atomic E-state index is 0.259. The van der Waals surface area contributed by atoms with E-state index >= 15 is 0 Å². The van der Waals surface area contributed by atoms with Gasteiger partial charge in [0.05, 0.1) is 23.3 Å². The second-order valence-corrected chi connectivity index (χ2v) is 5.30. The molecule has 3 rings (SSSR count). The van der Waals surface area contributed by atoms with Gasteiger partial charge in [0.15, 0.2) is 0 Å². The molecule has 20 heavy (non-hydrogen) atoms. The van der Waals surface area contributed by atoms with E-state index in [2.05, 4.69) is 34.1 Å². The topological polar surface area (TPSA) is 50.7 Å².